The zero-order valence-electron chi connectivity index (χ0n) is 15.0. The van der Waals surface area contributed by atoms with Crippen LogP contribution in [0.4, 0.5) is 18.9 Å². The number of hydrogen-bond acceptors (Lipinski definition) is 5. The van der Waals surface area contributed by atoms with Crippen molar-refractivity contribution >= 4 is 23.3 Å². The van der Waals surface area contributed by atoms with Gasteiger partial charge in [-0.1, -0.05) is 25.4 Å². The molecule has 0 saturated carbocycles. The molecule has 0 spiro atoms. The predicted molar refractivity (Wildman–Crippen MR) is 96.9 cm³/mol. The number of halogens is 4. The molecule has 3 rings (SSSR count). The minimum atomic E-state index is -4.50. The normalized spacial score (nSPS) is 14.1. The molecular weight excluding hydrogens is 399 g/mol. The molecule has 0 saturated heterocycles. The molecular formula is C19H17ClF3NO4. The minimum Gasteiger partial charge on any atom is -0.454 e. The van der Waals surface area contributed by atoms with E-state index >= 15 is 0 Å². The molecule has 1 aliphatic heterocycles. The average Bonchev–Trinajstić information content (AvgIpc) is 3.07. The molecule has 2 aromatic rings. The van der Waals surface area contributed by atoms with Crippen LogP contribution in [0, 0.1) is 5.92 Å². The van der Waals surface area contributed by atoms with E-state index in [-0.39, 0.29) is 29.2 Å². The Hall–Kier alpha value is -2.61. The van der Waals surface area contributed by atoms with Crippen LogP contribution in [-0.4, -0.2) is 18.8 Å². The molecule has 150 valence electrons. The first kappa shape index (κ1) is 20.1. The minimum absolute atomic E-state index is 0.0926. The van der Waals surface area contributed by atoms with Gasteiger partial charge in [0.1, 0.15) is 11.8 Å². The van der Waals surface area contributed by atoms with Crippen LogP contribution in [0.15, 0.2) is 36.4 Å². The summed E-state index contributed by atoms with van der Waals surface area (Å²) in [4.78, 5) is 12.6. The lowest BCUT2D eigenvalue weighted by Crippen LogP contribution is -2.37. The van der Waals surface area contributed by atoms with Crippen molar-refractivity contribution in [3.63, 3.8) is 0 Å². The molecule has 2 aromatic carbocycles. The quantitative estimate of drug-likeness (QED) is 0.542. The molecule has 0 fully saturated rings. The zero-order valence-corrected chi connectivity index (χ0v) is 15.7. The number of hydrogen-bond donors (Lipinski definition) is 1. The third-order valence-electron chi connectivity index (χ3n) is 4.09. The second-order valence-electron chi connectivity index (χ2n) is 6.49. The largest absolute Gasteiger partial charge is 0.454 e. The fourth-order valence-electron chi connectivity index (χ4n) is 2.59. The smallest absolute Gasteiger partial charge is 0.416 e. The van der Waals surface area contributed by atoms with Crippen molar-refractivity contribution in [1.82, 2.24) is 0 Å². The van der Waals surface area contributed by atoms with Crippen LogP contribution in [0.3, 0.4) is 0 Å². The van der Waals surface area contributed by atoms with E-state index in [0.29, 0.717) is 11.5 Å². The molecule has 1 heterocycles. The second-order valence-corrected chi connectivity index (χ2v) is 6.90. The highest BCUT2D eigenvalue weighted by Crippen LogP contribution is 2.36. The van der Waals surface area contributed by atoms with Gasteiger partial charge in [-0.15, -0.1) is 0 Å². The van der Waals surface area contributed by atoms with Crippen molar-refractivity contribution in [2.75, 3.05) is 12.1 Å². The van der Waals surface area contributed by atoms with Crippen LogP contribution in [0.25, 0.3) is 0 Å². The van der Waals surface area contributed by atoms with Gasteiger partial charge in [0.2, 0.25) is 6.79 Å². The van der Waals surface area contributed by atoms with E-state index in [1.54, 1.807) is 26.0 Å². The van der Waals surface area contributed by atoms with E-state index < -0.39 is 23.8 Å². The first-order chi connectivity index (χ1) is 13.1. The molecule has 1 aliphatic rings. The van der Waals surface area contributed by atoms with Gasteiger partial charge >= 0.3 is 12.1 Å². The lowest BCUT2D eigenvalue weighted by Gasteiger charge is -2.23. The van der Waals surface area contributed by atoms with E-state index in [4.69, 9.17) is 25.8 Å². The van der Waals surface area contributed by atoms with Gasteiger partial charge in [-0.25, -0.2) is 4.79 Å². The number of alkyl halides is 3. The van der Waals surface area contributed by atoms with Gasteiger partial charge in [0.25, 0.3) is 0 Å². The van der Waals surface area contributed by atoms with Crippen molar-refractivity contribution in [2.45, 2.75) is 26.1 Å². The van der Waals surface area contributed by atoms with Gasteiger partial charge < -0.3 is 19.5 Å². The highest BCUT2D eigenvalue weighted by molar-refractivity contribution is 6.33. The Morgan fingerprint density at radius 2 is 1.86 bits per heavy atom. The fourth-order valence-corrected chi connectivity index (χ4v) is 2.83. The van der Waals surface area contributed by atoms with Crippen molar-refractivity contribution in [2.24, 2.45) is 5.92 Å². The summed E-state index contributed by atoms with van der Waals surface area (Å²) in [7, 11) is 0. The van der Waals surface area contributed by atoms with Gasteiger partial charge in [-0.3, -0.25) is 0 Å². The van der Waals surface area contributed by atoms with E-state index in [1.165, 1.54) is 12.1 Å². The summed E-state index contributed by atoms with van der Waals surface area (Å²) in [5, 5.41) is 2.73. The number of carbonyl (C=O) groups excluding carboxylic acids is 1. The van der Waals surface area contributed by atoms with E-state index in [0.717, 1.165) is 12.1 Å². The summed E-state index contributed by atoms with van der Waals surface area (Å²) < 4.78 is 54.2. The fraction of sp³-hybridized carbons (Fsp3) is 0.316. The number of carbonyl (C=O) groups is 1. The SMILES string of the molecule is CC(C)C(Nc1ccc(C(F)(F)F)cc1Cl)C(=O)Oc1ccc2c(c1)OCO2. The number of nitrogens with one attached hydrogen (secondary N) is 1. The molecule has 0 amide bonds. The highest BCUT2D eigenvalue weighted by atomic mass is 35.5. The van der Waals surface area contributed by atoms with Crippen molar-refractivity contribution in [3.05, 3.63) is 47.0 Å². The average molecular weight is 416 g/mol. The Bertz CT molecular complexity index is 886. The van der Waals surface area contributed by atoms with E-state index in [2.05, 4.69) is 5.32 Å². The maximum Gasteiger partial charge on any atom is 0.416 e. The molecule has 0 aliphatic carbocycles. The number of benzene rings is 2. The first-order valence-corrected chi connectivity index (χ1v) is 8.77. The lowest BCUT2D eigenvalue weighted by atomic mass is 10.0. The van der Waals surface area contributed by atoms with Gasteiger partial charge in [0.15, 0.2) is 11.5 Å². The number of anilines is 1. The van der Waals surface area contributed by atoms with Crippen LogP contribution in [0.2, 0.25) is 5.02 Å². The first-order valence-electron chi connectivity index (χ1n) is 8.40. The Morgan fingerprint density at radius 3 is 2.50 bits per heavy atom. The van der Waals surface area contributed by atoms with Crippen LogP contribution in [0.5, 0.6) is 17.2 Å². The maximum absolute atomic E-state index is 12.8. The van der Waals surface area contributed by atoms with Crippen LogP contribution >= 0.6 is 11.6 Å². The van der Waals surface area contributed by atoms with Crippen LogP contribution in [-0.2, 0) is 11.0 Å². The summed E-state index contributed by atoms with van der Waals surface area (Å²) in [6.07, 6.45) is -4.50. The third kappa shape index (κ3) is 4.44. The molecule has 0 bridgehead atoms. The summed E-state index contributed by atoms with van der Waals surface area (Å²) in [6, 6.07) is 6.78. The lowest BCUT2D eigenvalue weighted by molar-refractivity contribution is -0.138. The molecule has 1 N–H and O–H groups in total. The molecule has 28 heavy (non-hydrogen) atoms. The topological polar surface area (TPSA) is 56.8 Å². The summed E-state index contributed by atoms with van der Waals surface area (Å²) in [6.45, 7) is 3.64. The Balaban J connectivity index is 1.75. The molecule has 1 unspecified atom stereocenters. The number of esters is 1. The zero-order chi connectivity index (χ0) is 20.5. The van der Waals surface area contributed by atoms with Gasteiger partial charge in [-0.05, 0) is 36.2 Å². The predicted octanol–water partition coefficient (Wildman–Crippen LogP) is 5.13. The summed E-state index contributed by atoms with van der Waals surface area (Å²) in [5.74, 6) is 0.449. The van der Waals surface area contributed by atoms with E-state index in [9.17, 15) is 18.0 Å². The monoisotopic (exact) mass is 415 g/mol. The van der Waals surface area contributed by atoms with Crippen LogP contribution in [0.1, 0.15) is 19.4 Å². The standard InChI is InChI=1S/C19H17ClF3NO4/c1-10(2)17(24-14-5-3-11(7-13(14)20)19(21,22)23)18(25)28-12-4-6-15-16(8-12)27-9-26-15/h3-8,10,17,24H,9H2,1-2H3. The van der Waals surface area contributed by atoms with Crippen molar-refractivity contribution in [3.8, 4) is 17.2 Å². The number of rotatable bonds is 5. The van der Waals surface area contributed by atoms with E-state index in [1.807, 2.05) is 0 Å². The van der Waals surface area contributed by atoms with Crippen molar-refractivity contribution in [1.29, 1.82) is 0 Å². The third-order valence-corrected chi connectivity index (χ3v) is 4.40. The second kappa shape index (κ2) is 7.79. The summed E-state index contributed by atoms with van der Waals surface area (Å²) in [5.41, 5.74) is -0.664. The summed E-state index contributed by atoms with van der Waals surface area (Å²) >= 11 is 5.97. The molecule has 0 radical (unpaired) electrons. The molecule has 1 atom stereocenters. The number of fused-ring (bicyclic) bond motifs is 1. The van der Waals surface area contributed by atoms with Gasteiger partial charge in [0.05, 0.1) is 16.3 Å². The molecule has 5 nitrogen and oxygen atoms in total. The van der Waals surface area contributed by atoms with Gasteiger partial charge in [-0.2, -0.15) is 13.2 Å². The van der Waals surface area contributed by atoms with Crippen LogP contribution < -0.4 is 19.5 Å². The molecule has 0 aromatic heterocycles. The maximum atomic E-state index is 12.8. The van der Waals surface area contributed by atoms with Gasteiger partial charge in [0, 0.05) is 6.07 Å². The number of ether oxygens (including phenoxy) is 3. The Labute approximate surface area is 164 Å². The molecule has 9 heteroatoms. The van der Waals surface area contributed by atoms with Crippen molar-refractivity contribution < 1.29 is 32.2 Å². The highest BCUT2D eigenvalue weighted by Gasteiger charge is 2.32. The Morgan fingerprint density at radius 1 is 1.14 bits per heavy atom. The Kier molecular flexibility index (Phi) is 5.60.